The number of hydrogen-bond donors (Lipinski definition) is 0. The molecule has 0 amide bonds. The lowest BCUT2D eigenvalue weighted by atomic mass is 9.98. The molecule has 0 unspecified atom stereocenters. The molecule has 27 heavy (non-hydrogen) atoms. The minimum atomic E-state index is 1.28. The van der Waals surface area contributed by atoms with Gasteiger partial charge in [-0.05, 0) is 41.5 Å². The normalized spacial score (nSPS) is 11.9. The van der Waals surface area contributed by atoms with Crippen LogP contribution in [0.1, 0.15) is 0 Å². The molecule has 0 aliphatic rings. The van der Waals surface area contributed by atoms with E-state index in [-0.39, 0.29) is 0 Å². The summed E-state index contributed by atoms with van der Waals surface area (Å²) >= 11 is 1.88. The maximum absolute atomic E-state index is 2.36. The van der Waals surface area contributed by atoms with Crippen LogP contribution in [-0.2, 0) is 7.05 Å². The molecular weight excluding hydrogens is 346 g/mol. The van der Waals surface area contributed by atoms with Crippen LogP contribution >= 0.6 is 11.3 Å². The second-order valence-electron chi connectivity index (χ2n) is 7.09. The highest BCUT2D eigenvalue weighted by atomic mass is 32.1. The molecule has 0 aliphatic heterocycles. The molecule has 0 saturated carbocycles. The molecule has 0 aliphatic carbocycles. The summed E-state index contributed by atoms with van der Waals surface area (Å²) in [5.41, 5.74) is 5.17. The van der Waals surface area contributed by atoms with Crippen LogP contribution in [-0.4, -0.2) is 4.57 Å². The minimum absolute atomic E-state index is 1.28. The molecule has 0 atom stereocenters. The molecular formula is C25H17NS. The van der Waals surface area contributed by atoms with Gasteiger partial charge in [-0.2, -0.15) is 0 Å². The summed E-state index contributed by atoms with van der Waals surface area (Å²) in [7, 11) is 2.15. The summed E-state index contributed by atoms with van der Waals surface area (Å²) in [5, 5.41) is 5.37. The van der Waals surface area contributed by atoms with Crippen LogP contribution in [0.15, 0.2) is 84.9 Å². The standard InChI is InChI=1S/C25H17NS/c1-26-21-10-4-2-7-18(21)20-15-16(13-14-22(20)26)17-9-6-12-24-25(17)19-8-3-5-11-23(19)27-24/h2-15H,1H3. The summed E-state index contributed by atoms with van der Waals surface area (Å²) in [6.45, 7) is 0. The Kier molecular flexibility index (Phi) is 3.03. The zero-order chi connectivity index (χ0) is 18.0. The third kappa shape index (κ3) is 2.05. The monoisotopic (exact) mass is 363 g/mol. The van der Waals surface area contributed by atoms with Crippen LogP contribution in [0.2, 0.25) is 0 Å². The van der Waals surface area contributed by atoms with Gasteiger partial charge in [0.25, 0.3) is 0 Å². The zero-order valence-electron chi connectivity index (χ0n) is 14.9. The molecule has 0 bridgehead atoms. The lowest BCUT2D eigenvalue weighted by Crippen LogP contribution is -1.86. The number of para-hydroxylation sites is 1. The van der Waals surface area contributed by atoms with Crippen molar-refractivity contribution in [1.82, 2.24) is 4.57 Å². The van der Waals surface area contributed by atoms with Crippen LogP contribution in [0.25, 0.3) is 53.1 Å². The molecule has 1 nitrogen and oxygen atoms in total. The fraction of sp³-hybridized carbons (Fsp3) is 0.0400. The van der Waals surface area contributed by atoms with Gasteiger partial charge in [-0.15, -0.1) is 11.3 Å². The zero-order valence-corrected chi connectivity index (χ0v) is 15.8. The minimum Gasteiger partial charge on any atom is -0.344 e. The summed E-state index contributed by atoms with van der Waals surface area (Å²) in [6, 6.07) is 30.9. The van der Waals surface area contributed by atoms with Gasteiger partial charge in [-0.3, -0.25) is 0 Å². The lowest BCUT2D eigenvalue weighted by Gasteiger charge is -2.06. The molecule has 0 radical (unpaired) electrons. The van der Waals surface area contributed by atoms with Crippen molar-refractivity contribution in [3.05, 3.63) is 84.9 Å². The van der Waals surface area contributed by atoms with Gasteiger partial charge >= 0.3 is 0 Å². The number of hydrogen-bond acceptors (Lipinski definition) is 1. The Morgan fingerprint density at radius 3 is 2.30 bits per heavy atom. The largest absolute Gasteiger partial charge is 0.344 e. The second kappa shape index (κ2) is 5.45. The average molecular weight is 363 g/mol. The van der Waals surface area contributed by atoms with Crippen molar-refractivity contribution in [2.45, 2.75) is 0 Å². The maximum atomic E-state index is 2.36. The van der Waals surface area contributed by atoms with Crippen LogP contribution in [0.5, 0.6) is 0 Å². The fourth-order valence-electron chi connectivity index (χ4n) is 4.35. The number of rotatable bonds is 1. The number of fused-ring (bicyclic) bond motifs is 6. The third-order valence-corrected chi connectivity index (χ3v) is 6.76. The summed E-state index contributed by atoms with van der Waals surface area (Å²) < 4.78 is 4.99. The number of thiophene rings is 1. The van der Waals surface area contributed by atoms with E-state index in [1.807, 2.05) is 11.3 Å². The van der Waals surface area contributed by atoms with Gasteiger partial charge in [0, 0.05) is 49.0 Å². The van der Waals surface area contributed by atoms with Gasteiger partial charge < -0.3 is 4.57 Å². The molecule has 128 valence electrons. The fourth-order valence-corrected chi connectivity index (χ4v) is 5.48. The van der Waals surface area contributed by atoms with E-state index in [2.05, 4.69) is 96.5 Å². The topological polar surface area (TPSA) is 4.93 Å². The Balaban J connectivity index is 1.72. The average Bonchev–Trinajstić information content (AvgIpc) is 3.24. The van der Waals surface area contributed by atoms with E-state index in [0.29, 0.717) is 0 Å². The number of benzene rings is 4. The van der Waals surface area contributed by atoms with Crippen LogP contribution in [0, 0.1) is 0 Å². The Morgan fingerprint density at radius 2 is 1.37 bits per heavy atom. The van der Waals surface area contributed by atoms with Crippen molar-refractivity contribution in [3.63, 3.8) is 0 Å². The summed E-state index contributed by atoms with van der Waals surface area (Å²) in [5.74, 6) is 0. The van der Waals surface area contributed by atoms with Crippen molar-refractivity contribution in [2.24, 2.45) is 7.05 Å². The maximum Gasteiger partial charge on any atom is 0.0489 e. The summed E-state index contributed by atoms with van der Waals surface area (Å²) in [4.78, 5) is 0. The van der Waals surface area contributed by atoms with Crippen molar-refractivity contribution >= 4 is 53.3 Å². The van der Waals surface area contributed by atoms with Gasteiger partial charge in [-0.25, -0.2) is 0 Å². The quantitative estimate of drug-likeness (QED) is 0.287. The van der Waals surface area contributed by atoms with E-state index in [1.54, 1.807) is 0 Å². The van der Waals surface area contributed by atoms with Crippen LogP contribution in [0.3, 0.4) is 0 Å². The highest BCUT2D eigenvalue weighted by Gasteiger charge is 2.13. The first-order valence-corrected chi connectivity index (χ1v) is 10.0. The molecule has 6 aromatic rings. The highest BCUT2D eigenvalue weighted by Crippen LogP contribution is 2.41. The lowest BCUT2D eigenvalue weighted by molar-refractivity contribution is 1.01. The first-order chi connectivity index (χ1) is 13.3. The molecule has 2 aromatic heterocycles. The van der Waals surface area contributed by atoms with E-state index in [1.165, 1.54) is 53.1 Å². The van der Waals surface area contributed by atoms with E-state index in [4.69, 9.17) is 0 Å². The Bertz CT molecular complexity index is 1480. The molecule has 2 heterocycles. The number of nitrogens with zero attached hydrogens (tertiary/aromatic N) is 1. The van der Waals surface area contributed by atoms with E-state index < -0.39 is 0 Å². The first kappa shape index (κ1) is 15.0. The Labute approximate surface area is 161 Å². The van der Waals surface area contributed by atoms with Crippen molar-refractivity contribution < 1.29 is 0 Å². The molecule has 0 N–H and O–H groups in total. The first-order valence-electron chi connectivity index (χ1n) is 9.19. The molecule has 0 saturated heterocycles. The van der Waals surface area contributed by atoms with Crippen LogP contribution in [0.4, 0.5) is 0 Å². The van der Waals surface area contributed by atoms with E-state index >= 15 is 0 Å². The van der Waals surface area contributed by atoms with Crippen LogP contribution < -0.4 is 0 Å². The number of aromatic nitrogens is 1. The van der Waals surface area contributed by atoms with Crippen molar-refractivity contribution in [3.8, 4) is 11.1 Å². The van der Waals surface area contributed by atoms with E-state index in [0.717, 1.165) is 0 Å². The van der Waals surface area contributed by atoms with Gasteiger partial charge in [0.05, 0.1) is 0 Å². The molecule has 0 fully saturated rings. The van der Waals surface area contributed by atoms with Gasteiger partial charge in [-0.1, -0.05) is 54.6 Å². The highest BCUT2D eigenvalue weighted by molar-refractivity contribution is 7.25. The third-order valence-electron chi connectivity index (χ3n) is 5.63. The molecule has 0 spiro atoms. The SMILES string of the molecule is Cn1c2ccccc2c2cc(-c3cccc4sc5ccccc5c34)ccc21. The molecule has 6 rings (SSSR count). The predicted octanol–water partition coefficient (Wildman–Crippen LogP) is 7.37. The Morgan fingerprint density at radius 1 is 0.630 bits per heavy atom. The summed E-state index contributed by atoms with van der Waals surface area (Å²) in [6.07, 6.45) is 0. The smallest absolute Gasteiger partial charge is 0.0489 e. The predicted molar refractivity (Wildman–Crippen MR) is 119 cm³/mol. The van der Waals surface area contributed by atoms with Gasteiger partial charge in [0.2, 0.25) is 0 Å². The van der Waals surface area contributed by atoms with Crippen molar-refractivity contribution in [2.75, 3.05) is 0 Å². The molecule has 4 aromatic carbocycles. The van der Waals surface area contributed by atoms with Gasteiger partial charge in [0.15, 0.2) is 0 Å². The van der Waals surface area contributed by atoms with Crippen molar-refractivity contribution in [1.29, 1.82) is 0 Å². The van der Waals surface area contributed by atoms with E-state index in [9.17, 15) is 0 Å². The number of aryl methyl sites for hydroxylation is 1. The van der Waals surface area contributed by atoms with Gasteiger partial charge in [0.1, 0.15) is 0 Å². The Hall–Kier alpha value is -3.10. The second-order valence-corrected chi connectivity index (χ2v) is 8.17. The molecule has 2 heteroatoms.